The molecule has 3 unspecified atom stereocenters. The van der Waals surface area contributed by atoms with Crippen LogP contribution in [0.5, 0.6) is 0 Å². The van der Waals surface area contributed by atoms with Crippen molar-refractivity contribution in [3.63, 3.8) is 0 Å². The predicted octanol–water partition coefficient (Wildman–Crippen LogP) is 12.9. The van der Waals surface area contributed by atoms with Gasteiger partial charge < -0.3 is 21.1 Å². The lowest BCUT2D eigenvalue weighted by atomic mass is 10.0. The standard InChI is InChI=1S/C45H89N2O6P/c1-3-5-7-9-11-13-15-17-19-20-21-22-23-24-25-26-28-30-32-34-36-38-44(48)43(42-53-54(50,51)52-41-40-46)47-45(49)39-37-35-33-31-29-27-18-16-14-12-10-8-6-4-2/h28,30,36,38,43-44,48H,3-27,29,31-35,37,39-42,46H2,1-2H3,(H,47,49)(H,50,51)/b30-28+,38-36+. The molecular formula is C45H89N2O6P. The van der Waals surface area contributed by atoms with Crippen molar-refractivity contribution in [2.45, 2.75) is 238 Å². The fraction of sp³-hybridized carbons (Fsp3) is 0.889. The van der Waals surface area contributed by atoms with E-state index in [-0.39, 0.29) is 25.7 Å². The van der Waals surface area contributed by atoms with E-state index in [1.54, 1.807) is 6.08 Å². The smallest absolute Gasteiger partial charge is 0.387 e. The van der Waals surface area contributed by atoms with E-state index in [1.165, 1.54) is 167 Å². The van der Waals surface area contributed by atoms with Gasteiger partial charge in [-0.2, -0.15) is 0 Å². The molecule has 0 aliphatic rings. The molecule has 5 N–H and O–H groups in total. The molecule has 0 aliphatic carbocycles. The van der Waals surface area contributed by atoms with Gasteiger partial charge in [0.05, 0.1) is 25.4 Å². The molecule has 0 aliphatic heterocycles. The lowest BCUT2D eigenvalue weighted by Crippen LogP contribution is -2.45. The molecular weight excluding hydrogens is 695 g/mol. The molecule has 0 heterocycles. The largest absolute Gasteiger partial charge is 0.472 e. The number of aliphatic hydroxyl groups is 1. The van der Waals surface area contributed by atoms with Gasteiger partial charge in [0.15, 0.2) is 0 Å². The monoisotopic (exact) mass is 785 g/mol. The lowest BCUT2D eigenvalue weighted by molar-refractivity contribution is -0.123. The Hall–Kier alpha value is -1.02. The van der Waals surface area contributed by atoms with Gasteiger partial charge in [0.1, 0.15) is 0 Å². The topological polar surface area (TPSA) is 131 Å². The highest BCUT2D eigenvalue weighted by Gasteiger charge is 2.26. The Morgan fingerprint density at radius 1 is 0.593 bits per heavy atom. The number of amides is 1. The number of unbranched alkanes of at least 4 members (excludes halogenated alkanes) is 29. The van der Waals surface area contributed by atoms with Crippen LogP contribution in [-0.2, 0) is 18.4 Å². The summed E-state index contributed by atoms with van der Waals surface area (Å²) in [6.07, 6.45) is 48.1. The van der Waals surface area contributed by atoms with Gasteiger partial charge in [0.2, 0.25) is 5.91 Å². The Labute approximate surface area is 334 Å². The first-order valence-corrected chi connectivity index (χ1v) is 24.5. The fourth-order valence-electron chi connectivity index (χ4n) is 6.80. The maximum absolute atomic E-state index is 12.7. The minimum Gasteiger partial charge on any atom is -0.387 e. The third-order valence-corrected chi connectivity index (χ3v) is 11.3. The van der Waals surface area contributed by atoms with Gasteiger partial charge in [-0.1, -0.05) is 212 Å². The number of hydrogen-bond donors (Lipinski definition) is 4. The lowest BCUT2D eigenvalue weighted by Gasteiger charge is -2.23. The highest BCUT2D eigenvalue weighted by atomic mass is 31.2. The molecule has 320 valence electrons. The Morgan fingerprint density at radius 3 is 1.43 bits per heavy atom. The molecule has 8 nitrogen and oxygen atoms in total. The summed E-state index contributed by atoms with van der Waals surface area (Å²) in [4.78, 5) is 22.7. The number of phosphoric acid groups is 1. The summed E-state index contributed by atoms with van der Waals surface area (Å²) >= 11 is 0. The molecule has 0 fully saturated rings. The second-order valence-electron chi connectivity index (χ2n) is 15.6. The zero-order chi connectivity index (χ0) is 39.6. The highest BCUT2D eigenvalue weighted by Crippen LogP contribution is 2.43. The normalized spacial score (nSPS) is 14.2. The van der Waals surface area contributed by atoms with Crippen LogP contribution in [0.1, 0.15) is 226 Å². The van der Waals surface area contributed by atoms with Gasteiger partial charge in [-0.05, 0) is 32.1 Å². The van der Waals surface area contributed by atoms with Crippen molar-refractivity contribution in [1.82, 2.24) is 5.32 Å². The summed E-state index contributed by atoms with van der Waals surface area (Å²) in [5, 5.41) is 13.7. The molecule has 0 aromatic rings. The number of nitrogens with two attached hydrogens (primary N) is 1. The van der Waals surface area contributed by atoms with Crippen molar-refractivity contribution in [2.24, 2.45) is 5.73 Å². The van der Waals surface area contributed by atoms with Crippen molar-refractivity contribution >= 4 is 13.7 Å². The first-order chi connectivity index (χ1) is 26.4. The van der Waals surface area contributed by atoms with Crippen molar-refractivity contribution in [3.05, 3.63) is 24.3 Å². The molecule has 3 atom stereocenters. The fourth-order valence-corrected chi connectivity index (χ4v) is 7.56. The zero-order valence-electron chi connectivity index (χ0n) is 35.5. The van der Waals surface area contributed by atoms with E-state index >= 15 is 0 Å². The number of allylic oxidation sites excluding steroid dienone is 3. The minimum atomic E-state index is -4.34. The first kappa shape index (κ1) is 53.0. The second-order valence-corrected chi connectivity index (χ2v) is 17.1. The van der Waals surface area contributed by atoms with E-state index < -0.39 is 20.0 Å². The zero-order valence-corrected chi connectivity index (χ0v) is 36.4. The third kappa shape index (κ3) is 39.2. The van der Waals surface area contributed by atoms with Crippen LogP contribution in [-0.4, -0.2) is 47.8 Å². The van der Waals surface area contributed by atoms with Crippen molar-refractivity contribution in [2.75, 3.05) is 19.8 Å². The molecule has 1 amide bonds. The Kier molecular flexibility index (Phi) is 40.8. The molecule has 9 heteroatoms. The van der Waals surface area contributed by atoms with E-state index in [0.29, 0.717) is 6.42 Å². The van der Waals surface area contributed by atoms with Gasteiger partial charge in [-0.25, -0.2) is 4.57 Å². The van der Waals surface area contributed by atoms with E-state index in [2.05, 4.69) is 31.3 Å². The van der Waals surface area contributed by atoms with E-state index in [9.17, 15) is 19.4 Å². The van der Waals surface area contributed by atoms with Crippen LogP contribution >= 0.6 is 7.82 Å². The predicted molar refractivity (Wildman–Crippen MR) is 231 cm³/mol. The van der Waals surface area contributed by atoms with Gasteiger partial charge in [-0.15, -0.1) is 0 Å². The maximum atomic E-state index is 12.7. The summed E-state index contributed by atoms with van der Waals surface area (Å²) < 4.78 is 22.1. The number of rotatable bonds is 43. The van der Waals surface area contributed by atoms with Crippen LogP contribution in [0.2, 0.25) is 0 Å². The molecule has 0 spiro atoms. The van der Waals surface area contributed by atoms with Crippen LogP contribution in [0.25, 0.3) is 0 Å². The Balaban J connectivity index is 4.19. The van der Waals surface area contributed by atoms with Crippen LogP contribution < -0.4 is 11.1 Å². The third-order valence-electron chi connectivity index (χ3n) is 10.3. The molecule has 0 radical (unpaired) electrons. The number of phosphoric ester groups is 1. The highest BCUT2D eigenvalue weighted by molar-refractivity contribution is 7.47. The quantitative estimate of drug-likeness (QED) is 0.0275. The number of hydrogen-bond acceptors (Lipinski definition) is 6. The van der Waals surface area contributed by atoms with Crippen molar-refractivity contribution in [1.29, 1.82) is 0 Å². The van der Waals surface area contributed by atoms with E-state index in [1.807, 2.05) is 6.08 Å². The van der Waals surface area contributed by atoms with E-state index in [4.69, 9.17) is 14.8 Å². The van der Waals surface area contributed by atoms with Crippen LogP contribution in [0.3, 0.4) is 0 Å². The van der Waals surface area contributed by atoms with Gasteiger partial charge in [-0.3, -0.25) is 13.8 Å². The maximum Gasteiger partial charge on any atom is 0.472 e. The molecule has 0 saturated heterocycles. The number of aliphatic hydroxyl groups excluding tert-OH is 1. The minimum absolute atomic E-state index is 0.0759. The van der Waals surface area contributed by atoms with E-state index in [0.717, 1.165) is 38.5 Å². The second kappa shape index (κ2) is 41.6. The molecule has 0 saturated carbocycles. The summed E-state index contributed by atoms with van der Waals surface area (Å²) in [5.74, 6) is -0.202. The SMILES string of the molecule is CCCCCCCCCCCCCCCCC/C=C/CC/C=C/C(O)C(COP(=O)(O)OCCN)NC(=O)CCCCCCCCCCCCCCCC. The average molecular weight is 785 g/mol. The Bertz CT molecular complexity index is 901. The molecule has 0 rings (SSSR count). The summed E-state index contributed by atoms with van der Waals surface area (Å²) in [5.41, 5.74) is 5.37. The Morgan fingerprint density at radius 2 is 0.981 bits per heavy atom. The number of nitrogens with one attached hydrogen (secondary N) is 1. The van der Waals surface area contributed by atoms with Crippen LogP contribution in [0.15, 0.2) is 24.3 Å². The van der Waals surface area contributed by atoms with Gasteiger partial charge in [0, 0.05) is 13.0 Å². The average Bonchev–Trinajstić information content (AvgIpc) is 3.16. The van der Waals surface area contributed by atoms with Crippen LogP contribution in [0, 0.1) is 0 Å². The molecule has 0 aromatic carbocycles. The molecule has 0 aromatic heterocycles. The first-order valence-electron chi connectivity index (χ1n) is 23.0. The molecule has 0 bridgehead atoms. The van der Waals surface area contributed by atoms with Gasteiger partial charge >= 0.3 is 7.82 Å². The summed E-state index contributed by atoms with van der Waals surface area (Å²) in [6.45, 7) is 4.13. The van der Waals surface area contributed by atoms with Gasteiger partial charge in [0.25, 0.3) is 0 Å². The number of carbonyl (C=O) groups excluding carboxylic acids is 1. The molecule has 54 heavy (non-hydrogen) atoms. The summed E-state index contributed by atoms with van der Waals surface area (Å²) in [6, 6.07) is -0.872. The van der Waals surface area contributed by atoms with Crippen molar-refractivity contribution < 1.29 is 28.4 Å². The van der Waals surface area contributed by atoms with Crippen molar-refractivity contribution in [3.8, 4) is 0 Å². The summed E-state index contributed by atoms with van der Waals surface area (Å²) in [7, 11) is -4.34. The van der Waals surface area contributed by atoms with Crippen LogP contribution in [0.4, 0.5) is 0 Å². The number of carbonyl (C=O) groups is 1.